The fraction of sp³-hybridized carbons (Fsp3) is 0.667. The van der Waals surface area contributed by atoms with E-state index in [0.717, 1.165) is 36.1 Å². The fourth-order valence-corrected chi connectivity index (χ4v) is 6.38. The number of nitrogens with one attached hydrogen (secondary N) is 1. The molecule has 3 aliphatic rings. The van der Waals surface area contributed by atoms with Crippen molar-refractivity contribution >= 4 is 34.2 Å². The van der Waals surface area contributed by atoms with Crippen molar-refractivity contribution in [2.75, 3.05) is 11.9 Å². The summed E-state index contributed by atoms with van der Waals surface area (Å²) in [7, 11) is 0. The third-order valence-electron chi connectivity index (χ3n) is 6.52. The number of hydrogen-bond acceptors (Lipinski definition) is 6. The third-order valence-corrected chi connectivity index (χ3v) is 7.69. The van der Waals surface area contributed by atoms with Crippen molar-refractivity contribution in [2.24, 2.45) is 17.8 Å². The highest BCUT2D eigenvalue weighted by Crippen LogP contribution is 2.45. The van der Waals surface area contributed by atoms with Crippen LogP contribution >= 0.6 is 11.3 Å². The highest BCUT2D eigenvalue weighted by Gasteiger charge is 2.55. The van der Waals surface area contributed by atoms with Crippen LogP contribution in [0.25, 0.3) is 0 Å². The van der Waals surface area contributed by atoms with E-state index in [9.17, 15) is 19.5 Å². The largest absolute Gasteiger partial charge is 0.481 e. The molecule has 29 heavy (non-hydrogen) atoms. The van der Waals surface area contributed by atoms with E-state index in [4.69, 9.17) is 9.47 Å². The minimum Gasteiger partial charge on any atom is -0.481 e. The Hall–Kier alpha value is -1.93. The van der Waals surface area contributed by atoms with Gasteiger partial charge in [0.25, 0.3) is 0 Å². The lowest BCUT2D eigenvalue weighted by molar-refractivity contribution is -0.147. The van der Waals surface area contributed by atoms with Crippen molar-refractivity contribution < 1.29 is 29.0 Å². The lowest BCUT2D eigenvalue weighted by atomic mass is 9.78. The maximum absolute atomic E-state index is 13.1. The minimum absolute atomic E-state index is 0.260. The second-order valence-electron chi connectivity index (χ2n) is 8.11. The number of fused-ring (bicyclic) bond motifs is 3. The van der Waals surface area contributed by atoms with E-state index in [1.165, 1.54) is 11.3 Å². The molecule has 0 unspecified atom stereocenters. The molecule has 1 amide bonds. The van der Waals surface area contributed by atoms with E-state index in [1.54, 1.807) is 6.92 Å². The second-order valence-corrected chi connectivity index (χ2v) is 9.22. The second kappa shape index (κ2) is 8.07. The molecule has 2 N–H and O–H groups in total. The van der Waals surface area contributed by atoms with E-state index in [2.05, 4.69) is 12.2 Å². The van der Waals surface area contributed by atoms with Crippen LogP contribution in [0.1, 0.15) is 60.3 Å². The van der Waals surface area contributed by atoms with Gasteiger partial charge in [0, 0.05) is 4.88 Å². The Kier molecular flexibility index (Phi) is 5.66. The van der Waals surface area contributed by atoms with Crippen LogP contribution in [0, 0.1) is 17.8 Å². The van der Waals surface area contributed by atoms with Crippen LogP contribution in [0.4, 0.5) is 5.00 Å². The number of aliphatic carboxylic acids is 1. The molecule has 2 saturated heterocycles. The van der Waals surface area contributed by atoms with Crippen molar-refractivity contribution in [1.29, 1.82) is 0 Å². The number of rotatable bonds is 6. The number of thiophene rings is 1. The highest BCUT2D eigenvalue weighted by atomic mass is 32.1. The van der Waals surface area contributed by atoms with Gasteiger partial charge >= 0.3 is 11.9 Å². The lowest BCUT2D eigenvalue weighted by Crippen LogP contribution is -2.41. The van der Waals surface area contributed by atoms with E-state index in [1.807, 2.05) is 0 Å². The maximum atomic E-state index is 13.1. The zero-order valence-corrected chi connectivity index (χ0v) is 17.5. The number of carbonyl (C=O) groups excluding carboxylic acids is 2. The van der Waals surface area contributed by atoms with Crippen molar-refractivity contribution in [2.45, 2.75) is 64.6 Å². The third kappa shape index (κ3) is 3.57. The van der Waals surface area contributed by atoms with Gasteiger partial charge in [-0.2, -0.15) is 0 Å². The molecule has 0 aromatic carbocycles. The molecule has 5 atom stereocenters. The van der Waals surface area contributed by atoms with Gasteiger partial charge in [0.15, 0.2) is 0 Å². The topological polar surface area (TPSA) is 102 Å². The predicted octanol–water partition coefficient (Wildman–Crippen LogP) is 3.26. The predicted molar refractivity (Wildman–Crippen MR) is 107 cm³/mol. The van der Waals surface area contributed by atoms with Gasteiger partial charge in [-0.15, -0.1) is 11.3 Å². The summed E-state index contributed by atoms with van der Waals surface area (Å²) in [4.78, 5) is 38.6. The normalized spacial score (nSPS) is 30.1. The van der Waals surface area contributed by atoms with Gasteiger partial charge in [-0.05, 0) is 50.5 Å². The van der Waals surface area contributed by atoms with Crippen LogP contribution in [-0.4, -0.2) is 41.8 Å². The smallest absolute Gasteiger partial charge is 0.341 e. The Morgan fingerprint density at radius 1 is 1.17 bits per heavy atom. The Bertz CT molecular complexity index is 833. The molecule has 8 heteroatoms. The molecule has 4 rings (SSSR count). The molecule has 0 spiro atoms. The lowest BCUT2D eigenvalue weighted by Gasteiger charge is -2.23. The van der Waals surface area contributed by atoms with Crippen LogP contribution in [0.5, 0.6) is 0 Å². The monoisotopic (exact) mass is 421 g/mol. The van der Waals surface area contributed by atoms with Crippen molar-refractivity contribution in [3.8, 4) is 0 Å². The molecular weight excluding hydrogens is 394 g/mol. The fourth-order valence-electron chi connectivity index (χ4n) is 5.03. The van der Waals surface area contributed by atoms with Gasteiger partial charge in [-0.3, -0.25) is 9.59 Å². The zero-order chi connectivity index (χ0) is 20.7. The van der Waals surface area contributed by atoms with Crippen LogP contribution in [0.3, 0.4) is 0 Å². The van der Waals surface area contributed by atoms with E-state index in [0.29, 0.717) is 29.3 Å². The summed E-state index contributed by atoms with van der Waals surface area (Å²) < 4.78 is 11.0. The quantitative estimate of drug-likeness (QED) is 0.684. The highest BCUT2D eigenvalue weighted by molar-refractivity contribution is 7.17. The summed E-state index contributed by atoms with van der Waals surface area (Å²) in [6.45, 7) is 4.18. The standard InChI is InChI=1S/C21H27NO6S/c1-3-10-5-6-11-14(9-10)29-19(15(11)21(26)27-4-2)22-18(23)16-12-7-8-13(28-12)17(16)20(24)25/h10,12-13,16-17H,3-9H2,1-2H3,(H,22,23)(H,24,25)/t10-,12-,13-,16-,17+/m1/s1. The molecule has 3 heterocycles. The number of hydrogen-bond donors (Lipinski definition) is 2. The van der Waals surface area contributed by atoms with Crippen LogP contribution < -0.4 is 5.32 Å². The molecule has 2 bridgehead atoms. The molecule has 2 fully saturated rings. The van der Waals surface area contributed by atoms with E-state index >= 15 is 0 Å². The summed E-state index contributed by atoms with van der Waals surface area (Å²) in [6, 6.07) is 0. The summed E-state index contributed by atoms with van der Waals surface area (Å²) in [5, 5.41) is 13.0. The van der Waals surface area contributed by atoms with Gasteiger partial charge in [0.05, 0.1) is 36.2 Å². The first-order chi connectivity index (χ1) is 13.9. The summed E-state index contributed by atoms with van der Waals surface area (Å²) in [6.07, 6.45) is 4.38. The maximum Gasteiger partial charge on any atom is 0.341 e. The Balaban J connectivity index is 1.62. The molecule has 2 aliphatic heterocycles. The number of carbonyl (C=O) groups is 3. The van der Waals surface area contributed by atoms with Gasteiger partial charge in [-0.1, -0.05) is 13.3 Å². The number of esters is 1. The Labute approximate surface area is 173 Å². The van der Waals surface area contributed by atoms with E-state index < -0.39 is 29.9 Å². The van der Waals surface area contributed by atoms with Crippen molar-refractivity contribution in [1.82, 2.24) is 0 Å². The molecule has 0 radical (unpaired) electrons. The van der Waals surface area contributed by atoms with Crippen LogP contribution in [0.15, 0.2) is 0 Å². The molecule has 1 aliphatic carbocycles. The SMILES string of the molecule is CCOC(=O)c1c(NC(=O)[C@H]2[C@@H](C(=O)O)[C@H]3CC[C@H]2O3)sc2c1CC[C@@H](CC)C2. The molecule has 7 nitrogen and oxygen atoms in total. The average Bonchev–Trinajstić information content (AvgIpc) is 3.39. The van der Waals surface area contributed by atoms with Gasteiger partial charge in [0.1, 0.15) is 5.00 Å². The first kappa shape index (κ1) is 20.3. The van der Waals surface area contributed by atoms with Gasteiger partial charge in [0.2, 0.25) is 5.91 Å². The number of carboxylic acid groups (broad SMARTS) is 1. The van der Waals surface area contributed by atoms with Crippen molar-refractivity contribution in [3.05, 3.63) is 16.0 Å². The summed E-state index contributed by atoms with van der Waals surface area (Å²) in [5.74, 6) is -2.79. The van der Waals surface area contributed by atoms with Crippen LogP contribution in [-0.2, 0) is 31.9 Å². The average molecular weight is 422 g/mol. The molecule has 158 valence electrons. The van der Waals surface area contributed by atoms with E-state index in [-0.39, 0.29) is 18.6 Å². The first-order valence-corrected chi connectivity index (χ1v) is 11.3. The zero-order valence-electron chi connectivity index (χ0n) is 16.7. The molecule has 1 aromatic heterocycles. The number of anilines is 1. The number of carboxylic acids is 1. The molecular formula is C21H27NO6S. The Morgan fingerprint density at radius 3 is 2.55 bits per heavy atom. The summed E-state index contributed by atoms with van der Waals surface area (Å²) >= 11 is 1.43. The van der Waals surface area contributed by atoms with Gasteiger partial charge < -0.3 is 19.9 Å². The Morgan fingerprint density at radius 2 is 1.90 bits per heavy atom. The molecule has 1 aromatic rings. The van der Waals surface area contributed by atoms with Gasteiger partial charge in [-0.25, -0.2) is 4.79 Å². The molecule has 0 saturated carbocycles. The summed E-state index contributed by atoms with van der Waals surface area (Å²) in [5.41, 5.74) is 1.43. The minimum atomic E-state index is -1.00. The van der Waals surface area contributed by atoms with Crippen molar-refractivity contribution in [3.63, 3.8) is 0 Å². The first-order valence-electron chi connectivity index (χ1n) is 10.4. The number of amides is 1. The number of ether oxygens (including phenoxy) is 2. The van der Waals surface area contributed by atoms with Crippen LogP contribution in [0.2, 0.25) is 0 Å².